The van der Waals surface area contributed by atoms with E-state index in [1.54, 1.807) is 10.4 Å². The Morgan fingerprint density at radius 2 is 1.88 bits per heavy atom. The second-order valence-electron chi connectivity index (χ2n) is 6.96. The molecular weight excluding hydrogens is 324 g/mol. The van der Waals surface area contributed by atoms with E-state index in [0.717, 1.165) is 43.8 Å². The molecule has 0 unspecified atom stereocenters. The first-order valence-electron chi connectivity index (χ1n) is 8.88. The molecule has 0 radical (unpaired) electrons. The summed E-state index contributed by atoms with van der Waals surface area (Å²) in [6.45, 7) is 8.33. The maximum Gasteiger partial charge on any atom is 0.243 e. The van der Waals surface area contributed by atoms with Crippen LogP contribution in [0.4, 0.5) is 0 Å². The molecular formula is C18H28N2O3S. The predicted molar refractivity (Wildman–Crippen MR) is 94.7 cm³/mol. The molecule has 2 fully saturated rings. The number of aryl methyl sites for hydroxylation is 2. The second kappa shape index (κ2) is 7.52. The van der Waals surface area contributed by atoms with Crippen molar-refractivity contribution in [1.82, 2.24) is 9.21 Å². The zero-order valence-electron chi connectivity index (χ0n) is 14.7. The van der Waals surface area contributed by atoms with Gasteiger partial charge in [0.1, 0.15) is 0 Å². The normalized spacial score (nSPS) is 24.2. The fraction of sp³-hybridized carbons (Fsp3) is 0.667. The van der Waals surface area contributed by atoms with Crippen LogP contribution in [0.25, 0.3) is 0 Å². The Morgan fingerprint density at radius 1 is 1.12 bits per heavy atom. The van der Waals surface area contributed by atoms with Gasteiger partial charge >= 0.3 is 0 Å². The maximum absolute atomic E-state index is 12.9. The number of benzene rings is 1. The van der Waals surface area contributed by atoms with Crippen LogP contribution >= 0.6 is 0 Å². The largest absolute Gasteiger partial charge is 0.377 e. The zero-order chi connectivity index (χ0) is 17.2. The minimum Gasteiger partial charge on any atom is -0.377 e. The molecule has 0 N–H and O–H groups in total. The van der Waals surface area contributed by atoms with Crippen LogP contribution in [-0.2, 0) is 14.8 Å². The fourth-order valence-electron chi connectivity index (χ4n) is 3.62. The summed E-state index contributed by atoms with van der Waals surface area (Å²) < 4.78 is 33.2. The summed E-state index contributed by atoms with van der Waals surface area (Å²) in [4.78, 5) is 2.78. The van der Waals surface area contributed by atoms with Gasteiger partial charge < -0.3 is 4.74 Å². The molecule has 1 aromatic carbocycles. The number of piperazine rings is 1. The Hall–Kier alpha value is -0.950. The predicted octanol–water partition coefficient (Wildman–Crippen LogP) is 2.18. The van der Waals surface area contributed by atoms with Crippen molar-refractivity contribution >= 4 is 10.0 Å². The third-order valence-electron chi connectivity index (χ3n) is 5.02. The number of sulfonamides is 1. The van der Waals surface area contributed by atoms with Crippen LogP contribution < -0.4 is 0 Å². The van der Waals surface area contributed by atoms with E-state index in [0.29, 0.717) is 24.1 Å². The van der Waals surface area contributed by atoms with Gasteiger partial charge in [-0.05, 0) is 44.7 Å². The Bertz CT molecular complexity index is 661. The Balaban J connectivity index is 1.61. The van der Waals surface area contributed by atoms with Crippen LogP contribution in [0.2, 0.25) is 0 Å². The summed E-state index contributed by atoms with van der Waals surface area (Å²) in [6, 6.07) is 5.54. The summed E-state index contributed by atoms with van der Waals surface area (Å²) in [5.74, 6) is 0. The average molecular weight is 353 g/mol. The molecule has 0 amide bonds. The standard InChI is InChI=1S/C18H28N2O3S/c1-15-6-7-18(16(2)13-15)24(21,22)20-10-8-19(9-11-20)14-17-5-3-4-12-23-17/h6-7,13,17H,3-5,8-12,14H2,1-2H3/t17-/m1/s1. The zero-order valence-corrected chi connectivity index (χ0v) is 15.5. The van der Waals surface area contributed by atoms with Gasteiger partial charge in [-0.15, -0.1) is 0 Å². The van der Waals surface area contributed by atoms with Crippen LogP contribution in [0.3, 0.4) is 0 Å². The topological polar surface area (TPSA) is 49.9 Å². The molecule has 2 saturated heterocycles. The molecule has 24 heavy (non-hydrogen) atoms. The Kier molecular flexibility index (Phi) is 5.59. The minimum atomic E-state index is -3.39. The minimum absolute atomic E-state index is 0.321. The highest BCUT2D eigenvalue weighted by Gasteiger charge is 2.30. The molecule has 0 saturated carbocycles. The lowest BCUT2D eigenvalue weighted by Crippen LogP contribution is -2.50. The highest BCUT2D eigenvalue weighted by atomic mass is 32.2. The first kappa shape index (κ1) is 17.9. The summed E-state index contributed by atoms with van der Waals surface area (Å²) >= 11 is 0. The van der Waals surface area contributed by atoms with E-state index in [1.807, 2.05) is 26.0 Å². The van der Waals surface area contributed by atoms with Crippen molar-refractivity contribution in [3.8, 4) is 0 Å². The van der Waals surface area contributed by atoms with Gasteiger partial charge in [0.15, 0.2) is 0 Å². The van der Waals surface area contributed by atoms with E-state index < -0.39 is 10.0 Å². The summed E-state index contributed by atoms with van der Waals surface area (Å²) in [7, 11) is -3.39. The molecule has 2 heterocycles. The fourth-order valence-corrected chi connectivity index (χ4v) is 5.25. The van der Waals surface area contributed by atoms with E-state index in [9.17, 15) is 8.42 Å². The first-order chi connectivity index (χ1) is 11.5. The summed E-state index contributed by atoms with van der Waals surface area (Å²) in [5, 5.41) is 0. The monoisotopic (exact) mass is 352 g/mol. The van der Waals surface area contributed by atoms with Crippen molar-refractivity contribution in [3.05, 3.63) is 29.3 Å². The van der Waals surface area contributed by atoms with Gasteiger partial charge in [0.05, 0.1) is 11.0 Å². The maximum atomic E-state index is 12.9. The molecule has 0 aromatic heterocycles. The van der Waals surface area contributed by atoms with Crippen molar-refractivity contribution in [1.29, 1.82) is 0 Å². The number of hydrogen-bond acceptors (Lipinski definition) is 4. The van der Waals surface area contributed by atoms with E-state index in [2.05, 4.69) is 4.90 Å². The van der Waals surface area contributed by atoms with E-state index >= 15 is 0 Å². The number of ether oxygens (including phenoxy) is 1. The smallest absolute Gasteiger partial charge is 0.243 e. The van der Waals surface area contributed by atoms with Gasteiger partial charge in [0, 0.05) is 39.3 Å². The molecule has 1 aromatic rings. The third kappa shape index (κ3) is 3.99. The molecule has 1 atom stereocenters. The number of rotatable bonds is 4. The lowest BCUT2D eigenvalue weighted by molar-refractivity contribution is -0.0103. The van der Waals surface area contributed by atoms with Crippen LogP contribution in [0.1, 0.15) is 30.4 Å². The van der Waals surface area contributed by atoms with Crippen LogP contribution in [0.5, 0.6) is 0 Å². The van der Waals surface area contributed by atoms with Crippen molar-refractivity contribution in [3.63, 3.8) is 0 Å². The van der Waals surface area contributed by atoms with Crippen LogP contribution in [0, 0.1) is 13.8 Å². The van der Waals surface area contributed by atoms with Crippen LogP contribution in [-0.4, -0.2) is 63.1 Å². The van der Waals surface area contributed by atoms with Crippen molar-refractivity contribution in [2.75, 3.05) is 39.3 Å². The van der Waals surface area contributed by atoms with Gasteiger partial charge in [-0.25, -0.2) is 8.42 Å². The van der Waals surface area contributed by atoms with E-state index in [-0.39, 0.29) is 0 Å². The molecule has 0 aliphatic carbocycles. The van der Waals surface area contributed by atoms with Crippen molar-refractivity contribution < 1.29 is 13.2 Å². The lowest BCUT2D eigenvalue weighted by Gasteiger charge is -2.36. The molecule has 5 nitrogen and oxygen atoms in total. The SMILES string of the molecule is Cc1ccc(S(=O)(=O)N2CCN(C[C@H]3CCCCO3)CC2)c(C)c1. The van der Waals surface area contributed by atoms with E-state index in [4.69, 9.17) is 4.74 Å². The van der Waals surface area contributed by atoms with Gasteiger partial charge in [0.2, 0.25) is 10.0 Å². The second-order valence-corrected chi connectivity index (χ2v) is 8.87. The quantitative estimate of drug-likeness (QED) is 0.833. The molecule has 2 aliphatic rings. The Morgan fingerprint density at radius 3 is 2.50 bits per heavy atom. The van der Waals surface area contributed by atoms with Crippen molar-refractivity contribution in [2.24, 2.45) is 0 Å². The highest BCUT2D eigenvalue weighted by Crippen LogP contribution is 2.22. The van der Waals surface area contributed by atoms with Crippen LogP contribution in [0.15, 0.2) is 23.1 Å². The van der Waals surface area contributed by atoms with Gasteiger partial charge in [-0.1, -0.05) is 17.7 Å². The summed E-state index contributed by atoms with van der Waals surface area (Å²) in [5.41, 5.74) is 1.91. The van der Waals surface area contributed by atoms with Gasteiger partial charge in [-0.2, -0.15) is 4.31 Å². The van der Waals surface area contributed by atoms with Gasteiger partial charge in [-0.3, -0.25) is 4.90 Å². The molecule has 6 heteroatoms. The molecule has 134 valence electrons. The van der Waals surface area contributed by atoms with Crippen molar-refractivity contribution in [2.45, 2.75) is 44.1 Å². The molecule has 2 aliphatic heterocycles. The highest BCUT2D eigenvalue weighted by molar-refractivity contribution is 7.89. The summed E-state index contributed by atoms with van der Waals surface area (Å²) in [6.07, 6.45) is 3.85. The molecule has 3 rings (SSSR count). The molecule has 0 bridgehead atoms. The molecule has 0 spiro atoms. The number of nitrogens with zero attached hydrogens (tertiary/aromatic N) is 2. The number of hydrogen-bond donors (Lipinski definition) is 0. The van der Waals surface area contributed by atoms with Gasteiger partial charge in [0.25, 0.3) is 0 Å². The first-order valence-corrected chi connectivity index (χ1v) is 10.3. The Labute approximate surface area is 145 Å². The van der Waals surface area contributed by atoms with E-state index in [1.165, 1.54) is 12.8 Å². The lowest BCUT2D eigenvalue weighted by atomic mass is 10.1. The third-order valence-corrected chi connectivity index (χ3v) is 7.07. The average Bonchev–Trinajstić information content (AvgIpc) is 2.56.